The first-order valence-corrected chi connectivity index (χ1v) is 8.41. The Balaban J connectivity index is 2.66. The summed E-state index contributed by atoms with van der Waals surface area (Å²) in [4.78, 5) is 0. The van der Waals surface area contributed by atoms with Crippen LogP contribution < -0.4 is 0 Å². The Kier molecular flexibility index (Phi) is 3.25. The summed E-state index contributed by atoms with van der Waals surface area (Å²) in [5.74, 6) is 0. The van der Waals surface area contributed by atoms with Crippen LogP contribution in [0.1, 0.15) is 34.1 Å². The SMILES string of the molecule is CB(C)[P+]1(C2=CC=CC2)C(C)=C(C)C(C)=C1C. The van der Waals surface area contributed by atoms with Gasteiger partial charge in [0.25, 0.3) is 0 Å². The van der Waals surface area contributed by atoms with Crippen molar-refractivity contribution >= 4 is 13.6 Å². The fraction of sp³-hybridized carbons (Fsp3) is 0.467. The van der Waals surface area contributed by atoms with Crippen molar-refractivity contribution in [3.05, 3.63) is 45.3 Å². The molecule has 1 heterocycles. The first kappa shape index (κ1) is 12.9. The summed E-state index contributed by atoms with van der Waals surface area (Å²) in [7, 11) is -1.20. The van der Waals surface area contributed by atoms with Crippen molar-refractivity contribution in [3.8, 4) is 0 Å². The summed E-state index contributed by atoms with van der Waals surface area (Å²) in [5.41, 5.74) is 3.11. The predicted octanol–water partition coefficient (Wildman–Crippen LogP) is 5.70. The Hall–Kier alpha value is -0.545. The minimum absolute atomic E-state index is 0.737. The van der Waals surface area contributed by atoms with Gasteiger partial charge < -0.3 is 0 Å². The second kappa shape index (κ2) is 4.28. The maximum Gasteiger partial charge on any atom is 0.350 e. The topological polar surface area (TPSA) is 0 Å². The number of hydrogen-bond acceptors (Lipinski definition) is 0. The number of allylic oxidation sites excluding steroid dienone is 8. The van der Waals surface area contributed by atoms with E-state index >= 15 is 0 Å². The van der Waals surface area contributed by atoms with Gasteiger partial charge in [-0.25, -0.2) is 0 Å². The summed E-state index contributed by atoms with van der Waals surface area (Å²) in [6.45, 7) is 14.2. The molecule has 2 aliphatic rings. The van der Waals surface area contributed by atoms with Gasteiger partial charge in [0.1, 0.15) is 0 Å². The fourth-order valence-corrected chi connectivity index (χ4v) is 9.24. The monoisotopic (exact) mass is 245 g/mol. The zero-order chi connectivity index (χ0) is 12.8. The molecule has 90 valence electrons. The molecule has 0 N–H and O–H groups in total. The van der Waals surface area contributed by atoms with Crippen molar-refractivity contribution in [2.45, 2.75) is 47.8 Å². The predicted molar refractivity (Wildman–Crippen MR) is 83.0 cm³/mol. The van der Waals surface area contributed by atoms with Crippen LogP contribution in [0.2, 0.25) is 13.6 Å². The van der Waals surface area contributed by atoms with E-state index < -0.39 is 7.14 Å². The molecule has 0 spiro atoms. The normalized spacial score (nSPS) is 22.6. The van der Waals surface area contributed by atoms with E-state index in [1.54, 1.807) is 27.1 Å². The van der Waals surface area contributed by atoms with Crippen LogP contribution in [0.25, 0.3) is 0 Å². The molecule has 0 fully saturated rings. The van der Waals surface area contributed by atoms with E-state index in [0.717, 1.165) is 6.43 Å². The molecule has 0 aromatic rings. The van der Waals surface area contributed by atoms with Crippen LogP contribution in [0.4, 0.5) is 0 Å². The van der Waals surface area contributed by atoms with Crippen molar-refractivity contribution in [2.24, 2.45) is 0 Å². The molecule has 1 aliphatic carbocycles. The Bertz CT molecular complexity index is 451. The van der Waals surface area contributed by atoms with Crippen LogP contribution in [0.5, 0.6) is 0 Å². The summed E-state index contributed by atoms with van der Waals surface area (Å²) < 4.78 is 0. The van der Waals surface area contributed by atoms with Gasteiger partial charge >= 0.3 is 6.43 Å². The third-order valence-electron chi connectivity index (χ3n) is 4.69. The minimum atomic E-state index is -1.20. The van der Waals surface area contributed by atoms with E-state index in [0.29, 0.717) is 0 Å². The quantitative estimate of drug-likeness (QED) is 0.432. The van der Waals surface area contributed by atoms with E-state index in [9.17, 15) is 0 Å². The standard InChI is InChI=1S/C15H23BP/c1-11-12(2)14(4)17(13(11)3,16(5)6)15-9-7-8-10-15/h7-9H,10H2,1-6H3/q+1. The van der Waals surface area contributed by atoms with Crippen molar-refractivity contribution in [3.63, 3.8) is 0 Å². The van der Waals surface area contributed by atoms with Gasteiger partial charge in [0, 0.05) is 6.42 Å². The minimum Gasteiger partial charge on any atom is -0.0767 e. The van der Waals surface area contributed by atoms with Crippen molar-refractivity contribution in [1.82, 2.24) is 0 Å². The maximum atomic E-state index is 2.41. The summed E-state index contributed by atoms with van der Waals surface area (Å²) in [6, 6.07) is 0. The Morgan fingerprint density at radius 1 is 1.00 bits per heavy atom. The first-order chi connectivity index (χ1) is 7.94. The summed E-state index contributed by atoms with van der Waals surface area (Å²) in [6.07, 6.45) is 8.83. The highest BCUT2D eigenvalue weighted by Crippen LogP contribution is 2.83. The van der Waals surface area contributed by atoms with Gasteiger partial charge in [0.2, 0.25) is 0 Å². The van der Waals surface area contributed by atoms with E-state index in [-0.39, 0.29) is 0 Å². The lowest BCUT2D eigenvalue weighted by molar-refractivity contribution is 1.31. The lowest BCUT2D eigenvalue weighted by Crippen LogP contribution is -2.13. The van der Waals surface area contributed by atoms with Gasteiger partial charge in [-0.15, -0.1) is 0 Å². The Morgan fingerprint density at radius 2 is 1.53 bits per heavy atom. The Morgan fingerprint density at radius 3 is 1.88 bits per heavy atom. The van der Waals surface area contributed by atoms with Crippen molar-refractivity contribution < 1.29 is 0 Å². The van der Waals surface area contributed by atoms with Gasteiger partial charge in [-0.3, -0.25) is 0 Å². The summed E-state index contributed by atoms with van der Waals surface area (Å²) in [5, 5.41) is 5.05. The van der Waals surface area contributed by atoms with Gasteiger partial charge in [-0.05, 0) is 58.6 Å². The van der Waals surface area contributed by atoms with Gasteiger partial charge in [0.05, 0.1) is 23.1 Å². The third kappa shape index (κ3) is 1.55. The van der Waals surface area contributed by atoms with E-state index in [4.69, 9.17) is 0 Å². The van der Waals surface area contributed by atoms with Crippen molar-refractivity contribution in [2.75, 3.05) is 0 Å². The smallest absolute Gasteiger partial charge is 0.0767 e. The molecule has 0 aromatic heterocycles. The highest BCUT2D eigenvalue weighted by molar-refractivity contribution is 8.12. The molecule has 0 radical (unpaired) electrons. The molecule has 2 heteroatoms. The number of rotatable bonds is 2. The van der Waals surface area contributed by atoms with Crippen LogP contribution in [0, 0.1) is 0 Å². The largest absolute Gasteiger partial charge is 0.350 e. The zero-order valence-corrected chi connectivity index (χ0v) is 12.9. The lowest BCUT2D eigenvalue weighted by atomic mass is 9.84. The maximum absolute atomic E-state index is 2.41. The van der Waals surface area contributed by atoms with Crippen molar-refractivity contribution in [1.29, 1.82) is 0 Å². The highest BCUT2D eigenvalue weighted by atomic mass is 31.2. The molecule has 1 aliphatic heterocycles. The molecule has 0 unspecified atom stereocenters. The molecule has 0 saturated carbocycles. The number of hydrogen-bond donors (Lipinski definition) is 0. The van der Waals surface area contributed by atoms with Crippen LogP contribution in [-0.4, -0.2) is 6.43 Å². The molecule has 2 rings (SSSR count). The molecule has 0 nitrogen and oxygen atoms in total. The molecule has 0 atom stereocenters. The molecule has 17 heavy (non-hydrogen) atoms. The lowest BCUT2D eigenvalue weighted by Gasteiger charge is -2.29. The molecule has 0 bridgehead atoms. The van der Waals surface area contributed by atoms with Crippen LogP contribution >= 0.6 is 7.14 Å². The first-order valence-electron chi connectivity index (χ1n) is 6.55. The fourth-order valence-electron chi connectivity index (χ4n) is 3.56. The van der Waals surface area contributed by atoms with Crippen LogP contribution in [0.15, 0.2) is 45.3 Å². The van der Waals surface area contributed by atoms with E-state index in [1.807, 2.05) is 0 Å². The molecular formula is C15H23BP+. The third-order valence-corrected chi connectivity index (χ3v) is 10.3. The Labute approximate surface area is 107 Å². The van der Waals surface area contributed by atoms with Gasteiger partial charge in [-0.1, -0.05) is 12.2 Å². The van der Waals surface area contributed by atoms with Crippen LogP contribution in [-0.2, 0) is 0 Å². The van der Waals surface area contributed by atoms with E-state index in [1.165, 1.54) is 6.42 Å². The molecule has 0 aromatic carbocycles. The molecule has 0 saturated heterocycles. The molecule has 0 amide bonds. The molecular weight excluding hydrogens is 222 g/mol. The highest BCUT2D eigenvalue weighted by Gasteiger charge is 2.55. The van der Waals surface area contributed by atoms with Crippen LogP contribution in [0.3, 0.4) is 0 Å². The summed E-state index contributed by atoms with van der Waals surface area (Å²) >= 11 is 0. The average Bonchev–Trinajstić information content (AvgIpc) is 2.85. The zero-order valence-electron chi connectivity index (χ0n) is 12.0. The van der Waals surface area contributed by atoms with Gasteiger partial charge in [-0.2, -0.15) is 0 Å². The average molecular weight is 245 g/mol. The second-order valence-corrected chi connectivity index (χ2v) is 9.92. The second-order valence-electron chi connectivity index (χ2n) is 5.53. The van der Waals surface area contributed by atoms with E-state index in [2.05, 4.69) is 59.6 Å². The van der Waals surface area contributed by atoms with Gasteiger partial charge in [0.15, 0.2) is 0 Å².